The maximum atomic E-state index is 15.8. The Balaban J connectivity index is 1.86. The van der Waals surface area contributed by atoms with Gasteiger partial charge in [-0.05, 0) is 67.6 Å². The number of pyridine rings is 1. The van der Waals surface area contributed by atoms with Gasteiger partial charge in [0, 0.05) is 40.5 Å². The molecule has 0 bridgehead atoms. The van der Waals surface area contributed by atoms with E-state index >= 15 is 13.2 Å². The van der Waals surface area contributed by atoms with Gasteiger partial charge >= 0.3 is 6.09 Å². The first-order valence-corrected chi connectivity index (χ1v) is 13.6. The Morgan fingerprint density at radius 1 is 1.10 bits per heavy atom. The van der Waals surface area contributed by atoms with Gasteiger partial charge in [0.15, 0.2) is 0 Å². The Morgan fingerprint density at radius 3 is 2.37 bits per heavy atom. The maximum Gasteiger partial charge on any atom is 0.408 e. The summed E-state index contributed by atoms with van der Waals surface area (Å²) in [6.45, 7) is 10.7. The van der Waals surface area contributed by atoms with Crippen molar-refractivity contribution in [3.05, 3.63) is 82.4 Å². The first kappa shape index (κ1) is 30.4. The Hall–Kier alpha value is -3.59. The molecule has 1 aromatic heterocycles. The second-order valence-electron chi connectivity index (χ2n) is 12.2. The van der Waals surface area contributed by atoms with Crippen LogP contribution in [0.15, 0.2) is 54.9 Å². The van der Waals surface area contributed by atoms with Gasteiger partial charge in [-0.1, -0.05) is 44.5 Å². The van der Waals surface area contributed by atoms with E-state index in [2.05, 4.69) is 10.3 Å². The lowest BCUT2D eigenvalue weighted by molar-refractivity contribution is -0.123. The van der Waals surface area contributed by atoms with Gasteiger partial charge in [-0.15, -0.1) is 0 Å². The number of nitrogens with zero attached hydrogens (tertiary/aromatic N) is 2. The lowest BCUT2D eigenvalue weighted by Gasteiger charge is -2.27. The molecule has 0 saturated carbocycles. The number of amides is 2. The minimum atomic E-state index is -3.66. The van der Waals surface area contributed by atoms with Crippen molar-refractivity contribution in [2.45, 2.75) is 77.5 Å². The molecule has 10 heteroatoms. The number of rotatable bonds is 4. The fourth-order valence-corrected chi connectivity index (χ4v) is 4.68. The fourth-order valence-electron chi connectivity index (χ4n) is 4.56. The predicted molar refractivity (Wildman–Crippen MR) is 153 cm³/mol. The summed E-state index contributed by atoms with van der Waals surface area (Å²) in [6, 6.07) is 8.70. The van der Waals surface area contributed by atoms with E-state index in [9.17, 15) is 9.59 Å². The molecule has 218 valence electrons. The number of anilines is 1. The van der Waals surface area contributed by atoms with E-state index in [1.807, 2.05) is 20.8 Å². The van der Waals surface area contributed by atoms with Gasteiger partial charge in [0.1, 0.15) is 17.5 Å². The van der Waals surface area contributed by atoms with Crippen molar-refractivity contribution in [2.24, 2.45) is 0 Å². The van der Waals surface area contributed by atoms with Crippen LogP contribution < -0.4 is 10.2 Å². The molecule has 1 unspecified atom stereocenters. The highest BCUT2D eigenvalue weighted by molar-refractivity contribution is 6.30. The van der Waals surface area contributed by atoms with Crippen LogP contribution >= 0.6 is 11.6 Å². The number of hydrogen-bond acceptors (Lipinski definition) is 4. The van der Waals surface area contributed by atoms with Crippen LogP contribution in [0.3, 0.4) is 0 Å². The van der Waals surface area contributed by atoms with Gasteiger partial charge in [0.25, 0.3) is 5.92 Å². The van der Waals surface area contributed by atoms with E-state index in [1.165, 1.54) is 12.3 Å². The average Bonchev–Trinajstić information content (AvgIpc) is 2.92. The van der Waals surface area contributed by atoms with Crippen molar-refractivity contribution < 1.29 is 27.5 Å². The van der Waals surface area contributed by atoms with Crippen molar-refractivity contribution in [1.82, 2.24) is 10.3 Å². The number of fused-ring (bicyclic) bond motifs is 1. The van der Waals surface area contributed by atoms with Crippen LogP contribution in [-0.2, 0) is 27.4 Å². The molecular formula is C31H33ClF3N3O3. The predicted octanol–water partition coefficient (Wildman–Crippen LogP) is 7.76. The molecular weight excluding hydrogens is 555 g/mol. The van der Waals surface area contributed by atoms with Gasteiger partial charge < -0.3 is 15.0 Å². The number of aromatic nitrogens is 1. The standard InChI is InChI=1S/C31H33ClF3N3O3/c1-29(2,3)20-11-19(15-36-16-20)22-12-26-23(13-24(22)33)31(34,35)14-25(37-28(40)41-30(4,5)6)27(39)38(26)17-18-7-9-21(32)10-8-18/h7-13,15-16,25H,14,17H2,1-6H3,(H,37,40). The monoisotopic (exact) mass is 587 g/mol. The number of ether oxygens (including phenoxy) is 1. The summed E-state index contributed by atoms with van der Waals surface area (Å²) in [5.41, 5.74) is -0.216. The summed E-state index contributed by atoms with van der Waals surface area (Å²) in [5, 5.41) is 2.77. The van der Waals surface area contributed by atoms with Crippen LogP contribution in [0.1, 0.15) is 64.7 Å². The maximum absolute atomic E-state index is 15.8. The summed E-state index contributed by atoms with van der Waals surface area (Å²) in [6.07, 6.45) is 1.03. The molecule has 41 heavy (non-hydrogen) atoms. The van der Waals surface area contributed by atoms with Gasteiger partial charge in [-0.25, -0.2) is 18.0 Å². The molecule has 1 N–H and O–H groups in total. The Labute approximate surface area is 242 Å². The summed E-state index contributed by atoms with van der Waals surface area (Å²) in [7, 11) is 0. The highest BCUT2D eigenvalue weighted by atomic mass is 35.5. The van der Waals surface area contributed by atoms with Crippen LogP contribution in [0.2, 0.25) is 5.02 Å². The highest BCUT2D eigenvalue weighted by Crippen LogP contribution is 2.45. The molecule has 0 aliphatic carbocycles. The second kappa shape index (κ2) is 11.0. The zero-order valence-corrected chi connectivity index (χ0v) is 24.6. The van der Waals surface area contributed by atoms with Crippen molar-refractivity contribution in [2.75, 3.05) is 4.90 Å². The Kier molecular flexibility index (Phi) is 8.15. The average molecular weight is 588 g/mol. The third-order valence-electron chi connectivity index (χ3n) is 6.66. The molecule has 0 spiro atoms. The molecule has 0 saturated heterocycles. The number of alkyl carbamates (subject to hydrolysis) is 1. The van der Waals surface area contributed by atoms with Gasteiger partial charge in [-0.2, -0.15) is 0 Å². The van der Waals surface area contributed by atoms with E-state index in [1.54, 1.807) is 57.3 Å². The van der Waals surface area contributed by atoms with E-state index in [0.29, 0.717) is 16.1 Å². The number of nitrogens with one attached hydrogen (secondary N) is 1. The zero-order valence-electron chi connectivity index (χ0n) is 23.8. The van der Waals surface area contributed by atoms with Gasteiger partial charge in [0.2, 0.25) is 5.91 Å². The summed E-state index contributed by atoms with van der Waals surface area (Å²) in [5.74, 6) is -5.33. The van der Waals surface area contributed by atoms with Crippen molar-refractivity contribution in [1.29, 1.82) is 0 Å². The van der Waals surface area contributed by atoms with Crippen molar-refractivity contribution >= 4 is 29.3 Å². The molecule has 2 amide bonds. The van der Waals surface area contributed by atoms with E-state index in [0.717, 1.165) is 16.5 Å². The van der Waals surface area contributed by atoms with Crippen molar-refractivity contribution in [3.8, 4) is 11.1 Å². The van der Waals surface area contributed by atoms with Gasteiger partial charge in [0.05, 0.1) is 12.2 Å². The fraction of sp³-hybridized carbons (Fsp3) is 0.387. The first-order chi connectivity index (χ1) is 18.9. The largest absolute Gasteiger partial charge is 0.444 e. The van der Waals surface area contributed by atoms with E-state index in [-0.39, 0.29) is 23.2 Å². The highest BCUT2D eigenvalue weighted by Gasteiger charge is 2.47. The molecule has 1 aliphatic rings. The third kappa shape index (κ3) is 7.01. The number of carbonyl (C=O) groups is 2. The number of benzene rings is 2. The summed E-state index contributed by atoms with van der Waals surface area (Å²) >= 11 is 6.02. The van der Waals surface area contributed by atoms with Crippen molar-refractivity contribution in [3.63, 3.8) is 0 Å². The molecule has 2 heterocycles. The summed E-state index contributed by atoms with van der Waals surface area (Å²) in [4.78, 5) is 31.8. The molecule has 4 rings (SSSR count). The third-order valence-corrected chi connectivity index (χ3v) is 6.91. The molecule has 0 radical (unpaired) electrons. The topological polar surface area (TPSA) is 71.5 Å². The van der Waals surface area contributed by atoms with Crippen LogP contribution in [-0.4, -0.2) is 28.6 Å². The Morgan fingerprint density at radius 2 is 1.76 bits per heavy atom. The smallest absolute Gasteiger partial charge is 0.408 e. The molecule has 1 atom stereocenters. The molecule has 2 aromatic carbocycles. The van der Waals surface area contributed by atoms with E-state index < -0.39 is 47.4 Å². The quantitative estimate of drug-likeness (QED) is 0.339. The zero-order chi connectivity index (χ0) is 30.3. The van der Waals surface area contributed by atoms with Crippen LogP contribution in [0.4, 0.5) is 23.7 Å². The lowest BCUT2D eigenvalue weighted by atomic mass is 9.86. The molecule has 1 aliphatic heterocycles. The number of halogens is 4. The normalized spacial score (nSPS) is 17.1. The molecule has 3 aromatic rings. The van der Waals surface area contributed by atoms with Crippen LogP contribution in [0.5, 0.6) is 0 Å². The van der Waals surface area contributed by atoms with Crippen LogP contribution in [0, 0.1) is 5.82 Å². The van der Waals surface area contributed by atoms with Crippen LogP contribution in [0.25, 0.3) is 11.1 Å². The molecule has 0 fully saturated rings. The minimum Gasteiger partial charge on any atom is -0.444 e. The Bertz CT molecular complexity index is 1460. The number of alkyl halides is 2. The second-order valence-corrected chi connectivity index (χ2v) is 12.7. The molecule has 6 nitrogen and oxygen atoms in total. The SMILES string of the molecule is CC(C)(C)OC(=O)NC1CC(F)(F)c2cc(F)c(-c3cncc(C(C)(C)C)c3)cc2N(Cc2ccc(Cl)cc2)C1=O. The minimum absolute atomic E-state index is 0.0191. The summed E-state index contributed by atoms with van der Waals surface area (Å²) < 4.78 is 52.4. The number of carbonyl (C=O) groups excluding carboxylic acids is 2. The first-order valence-electron chi connectivity index (χ1n) is 13.2. The van der Waals surface area contributed by atoms with Gasteiger partial charge in [-0.3, -0.25) is 9.78 Å². The lowest BCUT2D eigenvalue weighted by Crippen LogP contribution is -2.49. The number of hydrogen-bond donors (Lipinski definition) is 1. The van der Waals surface area contributed by atoms with E-state index in [4.69, 9.17) is 16.3 Å².